The number of imide groups is 1. The standard InChI is InChI=1S/C24H28FN5O4S/c1-4-34-17-11-9-16(10-12-17)26-18(31)13-35-22-19-21(29(2)24(33)30(3)23(19)32)27-20(28-22)14-5-7-15(25)8-6-14/h5-12,19-22,27-28H,4,13H2,1-3H3,(H,26,31). The van der Waals surface area contributed by atoms with Crippen molar-refractivity contribution in [3.63, 3.8) is 0 Å². The number of rotatable bonds is 7. The zero-order chi connectivity index (χ0) is 25.1. The van der Waals surface area contributed by atoms with E-state index in [1.165, 1.54) is 35.8 Å². The average Bonchev–Trinajstić information content (AvgIpc) is 2.86. The molecule has 11 heteroatoms. The Morgan fingerprint density at radius 2 is 1.77 bits per heavy atom. The lowest BCUT2D eigenvalue weighted by Gasteiger charge is -2.50. The molecule has 9 nitrogen and oxygen atoms in total. The molecule has 0 aromatic heterocycles. The summed E-state index contributed by atoms with van der Waals surface area (Å²) in [6, 6.07) is 12.6. The molecule has 0 bridgehead atoms. The summed E-state index contributed by atoms with van der Waals surface area (Å²) in [6.45, 7) is 2.46. The van der Waals surface area contributed by atoms with Crippen molar-refractivity contribution < 1.29 is 23.5 Å². The van der Waals surface area contributed by atoms with Crippen molar-refractivity contribution in [2.75, 3.05) is 31.8 Å². The van der Waals surface area contributed by atoms with E-state index in [4.69, 9.17) is 4.74 Å². The van der Waals surface area contributed by atoms with E-state index in [0.717, 1.165) is 16.2 Å². The number of thioether (sulfide) groups is 1. The van der Waals surface area contributed by atoms with Gasteiger partial charge in [-0.3, -0.25) is 25.1 Å². The first-order valence-electron chi connectivity index (χ1n) is 11.2. The monoisotopic (exact) mass is 501 g/mol. The molecule has 4 atom stereocenters. The van der Waals surface area contributed by atoms with Crippen LogP contribution in [0.2, 0.25) is 0 Å². The second kappa shape index (κ2) is 10.6. The van der Waals surface area contributed by atoms with Crippen LogP contribution in [0.15, 0.2) is 48.5 Å². The number of amides is 4. The van der Waals surface area contributed by atoms with Gasteiger partial charge in [0.25, 0.3) is 0 Å². The normalized spacial score (nSPS) is 24.2. The lowest BCUT2D eigenvalue weighted by molar-refractivity contribution is -0.140. The smallest absolute Gasteiger partial charge is 0.327 e. The quantitative estimate of drug-likeness (QED) is 0.536. The molecule has 2 aliphatic rings. The van der Waals surface area contributed by atoms with Crippen molar-refractivity contribution in [1.29, 1.82) is 0 Å². The van der Waals surface area contributed by atoms with Crippen LogP contribution in [0.4, 0.5) is 14.9 Å². The number of urea groups is 1. The van der Waals surface area contributed by atoms with Crippen molar-refractivity contribution in [3.05, 3.63) is 59.9 Å². The Kier molecular flexibility index (Phi) is 7.58. The van der Waals surface area contributed by atoms with Gasteiger partial charge in [0.2, 0.25) is 11.8 Å². The molecule has 186 valence electrons. The predicted octanol–water partition coefficient (Wildman–Crippen LogP) is 2.58. The molecule has 0 saturated carbocycles. The van der Waals surface area contributed by atoms with Gasteiger partial charge in [0.1, 0.15) is 11.6 Å². The van der Waals surface area contributed by atoms with Gasteiger partial charge in [-0.15, -0.1) is 11.8 Å². The van der Waals surface area contributed by atoms with Crippen LogP contribution in [-0.2, 0) is 9.59 Å². The molecule has 35 heavy (non-hydrogen) atoms. The fourth-order valence-corrected chi connectivity index (χ4v) is 5.32. The van der Waals surface area contributed by atoms with E-state index in [1.54, 1.807) is 43.4 Å². The summed E-state index contributed by atoms with van der Waals surface area (Å²) in [7, 11) is 3.08. The van der Waals surface area contributed by atoms with Gasteiger partial charge in [-0.05, 0) is 48.9 Å². The largest absolute Gasteiger partial charge is 0.494 e. The van der Waals surface area contributed by atoms with Gasteiger partial charge in [-0.2, -0.15) is 0 Å². The van der Waals surface area contributed by atoms with Crippen LogP contribution in [0.25, 0.3) is 0 Å². The molecule has 2 saturated heterocycles. The molecule has 2 aromatic rings. The van der Waals surface area contributed by atoms with Crippen LogP contribution in [0.5, 0.6) is 5.75 Å². The maximum Gasteiger partial charge on any atom is 0.327 e. The Balaban J connectivity index is 1.48. The van der Waals surface area contributed by atoms with Gasteiger partial charge in [-0.1, -0.05) is 12.1 Å². The van der Waals surface area contributed by atoms with E-state index in [0.29, 0.717) is 12.3 Å². The van der Waals surface area contributed by atoms with Crippen LogP contribution in [0.1, 0.15) is 18.7 Å². The number of carbonyl (C=O) groups excluding carboxylic acids is 3. The number of halogens is 1. The number of fused-ring (bicyclic) bond motifs is 1. The average molecular weight is 502 g/mol. The van der Waals surface area contributed by atoms with Crippen LogP contribution in [0, 0.1) is 11.7 Å². The molecule has 3 N–H and O–H groups in total. The van der Waals surface area contributed by atoms with Crippen LogP contribution in [0.3, 0.4) is 0 Å². The third-order valence-electron chi connectivity index (χ3n) is 6.00. The molecule has 0 spiro atoms. The van der Waals surface area contributed by atoms with Crippen molar-refractivity contribution in [3.8, 4) is 5.75 Å². The van der Waals surface area contributed by atoms with Gasteiger partial charge in [-0.25, -0.2) is 9.18 Å². The van der Waals surface area contributed by atoms with E-state index in [-0.39, 0.29) is 23.4 Å². The first kappa shape index (κ1) is 25.0. The second-order valence-corrected chi connectivity index (χ2v) is 9.45. The zero-order valence-corrected chi connectivity index (χ0v) is 20.5. The molecule has 0 aliphatic carbocycles. The van der Waals surface area contributed by atoms with Crippen molar-refractivity contribution in [1.82, 2.24) is 20.4 Å². The van der Waals surface area contributed by atoms with E-state index in [2.05, 4.69) is 16.0 Å². The summed E-state index contributed by atoms with van der Waals surface area (Å²) >= 11 is 1.28. The first-order valence-corrected chi connectivity index (χ1v) is 12.3. The summed E-state index contributed by atoms with van der Waals surface area (Å²) in [4.78, 5) is 40.9. The van der Waals surface area contributed by atoms with Gasteiger partial charge < -0.3 is 15.0 Å². The lowest BCUT2D eigenvalue weighted by Crippen LogP contribution is -2.72. The molecule has 4 unspecified atom stereocenters. The highest BCUT2D eigenvalue weighted by Gasteiger charge is 2.51. The molecule has 0 radical (unpaired) electrons. The van der Waals surface area contributed by atoms with Crippen molar-refractivity contribution >= 4 is 35.3 Å². The highest BCUT2D eigenvalue weighted by molar-refractivity contribution is 8.00. The minimum Gasteiger partial charge on any atom is -0.494 e. The molecule has 4 rings (SSSR count). The van der Waals surface area contributed by atoms with Crippen molar-refractivity contribution in [2.24, 2.45) is 5.92 Å². The molecule has 4 amide bonds. The fourth-order valence-electron chi connectivity index (χ4n) is 4.21. The lowest BCUT2D eigenvalue weighted by atomic mass is 9.96. The summed E-state index contributed by atoms with van der Waals surface area (Å²) in [5, 5.41) is 9.03. The minimum atomic E-state index is -0.623. The number of anilines is 1. The SMILES string of the molecule is CCOc1ccc(NC(=O)CSC2NC(c3ccc(F)cc3)NC3C2C(=O)N(C)C(=O)N3C)cc1. The highest BCUT2D eigenvalue weighted by Crippen LogP contribution is 2.34. The number of carbonyl (C=O) groups is 3. The zero-order valence-electron chi connectivity index (χ0n) is 19.7. The molecular weight excluding hydrogens is 473 g/mol. The Hall–Kier alpha value is -3.15. The molecular formula is C24H28FN5O4S. The molecule has 2 fully saturated rings. The fraction of sp³-hybridized carbons (Fsp3) is 0.375. The minimum absolute atomic E-state index is 0.0822. The van der Waals surface area contributed by atoms with E-state index in [9.17, 15) is 18.8 Å². The highest BCUT2D eigenvalue weighted by atomic mass is 32.2. The Morgan fingerprint density at radius 1 is 1.09 bits per heavy atom. The Morgan fingerprint density at radius 3 is 2.43 bits per heavy atom. The summed E-state index contributed by atoms with van der Waals surface area (Å²) < 4.78 is 18.9. The van der Waals surface area contributed by atoms with Gasteiger partial charge >= 0.3 is 6.03 Å². The Labute approximate surface area is 207 Å². The number of ether oxygens (including phenoxy) is 1. The number of benzene rings is 2. The number of hydrogen-bond donors (Lipinski definition) is 3. The maximum absolute atomic E-state index is 13.5. The van der Waals surface area contributed by atoms with Crippen LogP contribution >= 0.6 is 11.8 Å². The summed E-state index contributed by atoms with van der Waals surface area (Å²) in [5.74, 6) is -0.742. The molecule has 2 aromatic carbocycles. The van der Waals surface area contributed by atoms with E-state index in [1.807, 2.05) is 6.92 Å². The second-order valence-electron chi connectivity index (χ2n) is 8.32. The number of hydrogen-bond acceptors (Lipinski definition) is 7. The van der Waals surface area contributed by atoms with Crippen molar-refractivity contribution in [2.45, 2.75) is 24.6 Å². The van der Waals surface area contributed by atoms with Gasteiger partial charge in [0, 0.05) is 19.8 Å². The van der Waals surface area contributed by atoms with Crippen LogP contribution in [-0.4, -0.2) is 65.6 Å². The predicted molar refractivity (Wildman–Crippen MR) is 131 cm³/mol. The van der Waals surface area contributed by atoms with Gasteiger partial charge in [0.15, 0.2) is 0 Å². The maximum atomic E-state index is 13.5. The topological polar surface area (TPSA) is 103 Å². The van der Waals surface area contributed by atoms with E-state index >= 15 is 0 Å². The third-order valence-corrected chi connectivity index (χ3v) is 7.22. The van der Waals surface area contributed by atoms with E-state index < -0.39 is 29.7 Å². The summed E-state index contributed by atoms with van der Waals surface area (Å²) in [6.07, 6.45) is -1.04. The summed E-state index contributed by atoms with van der Waals surface area (Å²) in [5.41, 5.74) is 1.39. The third kappa shape index (κ3) is 5.42. The molecule has 2 heterocycles. The van der Waals surface area contributed by atoms with Crippen LogP contribution < -0.4 is 20.7 Å². The first-order chi connectivity index (χ1) is 16.8. The van der Waals surface area contributed by atoms with Gasteiger partial charge in [0.05, 0.1) is 36.0 Å². The number of nitrogens with one attached hydrogen (secondary N) is 3. The Bertz CT molecular complexity index is 1080. The molecule has 2 aliphatic heterocycles. The number of nitrogens with zero attached hydrogens (tertiary/aromatic N) is 2.